The van der Waals surface area contributed by atoms with Crippen LogP contribution < -0.4 is 0 Å². The van der Waals surface area contributed by atoms with E-state index >= 15 is 0 Å². The van der Waals surface area contributed by atoms with Crippen LogP contribution >= 0.6 is 35.1 Å². The van der Waals surface area contributed by atoms with E-state index in [4.69, 9.17) is 20.7 Å². The smallest absolute Gasteiger partial charge is 0.301 e. The van der Waals surface area contributed by atoms with Crippen LogP contribution in [0.1, 0.15) is 0 Å². The first-order valence-electron chi connectivity index (χ1n) is 5.86. The predicted molar refractivity (Wildman–Crippen MR) is 84.5 cm³/mol. The Kier molecular flexibility index (Phi) is 7.67. The molecule has 2 atom stereocenters. The first kappa shape index (κ1) is 24.9. The van der Waals surface area contributed by atoms with Crippen LogP contribution in [-0.4, -0.2) is 38.5 Å². The molecule has 0 aliphatic rings. The molecule has 0 saturated heterocycles. The number of hydrogen-bond acceptors (Lipinski definition) is 4. The number of rotatable bonds is 8. The van der Waals surface area contributed by atoms with Gasteiger partial charge in [-0.1, -0.05) is 11.6 Å². The molecule has 0 fully saturated rings. The summed E-state index contributed by atoms with van der Waals surface area (Å²) in [6.07, 6.45) is 0. The Morgan fingerprint density at radius 3 is 1.63 bits per heavy atom. The lowest BCUT2D eigenvalue weighted by molar-refractivity contribution is -0.0908. The van der Waals surface area contributed by atoms with E-state index in [2.05, 4.69) is 0 Å². The minimum Gasteiger partial charge on any atom is -0.301 e. The summed E-state index contributed by atoms with van der Waals surface area (Å²) in [5, 5.41) is -22.0. The fraction of sp³-hybridized carbons (Fsp3) is 0.400. The van der Waals surface area contributed by atoms with Crippen molar-refractivity contribution in [2.45, 2.75) is 30.8 Å². The van der Waals surface area contributed by atoms with Crippen molar-refractivity contribution in [2.75, 3.05) is 0 Å². The third kappa shape index (κ3) is 5.27. The van der Waals surface area contributed by atoms with Gasteiger partial charge in [-0.3, -0.25) is 0 Å². The molecule has 0 radical (unpaired) electrons. The number of alkyl halides is 8. The van der Waals surface area contributed by atoms with E-state index in [9.17, 15) is 43.5 Å². The van der Waals surface area contributed by atoms with Crippen molar-refractivity contribution in [1.29, 1.82) is 0 Å². The van der Waals surface area contributed by atoms with Gasteiger partial charge < -0.3 is 9.11 Å². The highest BCUT2D eigenvalue weighted by molar-refractivity contribution is 8.02. The van der Waals surface area contributed by atoms with Crippen molar-refractivity contribution in [1.82, 2.24) is 0 Å². The molecule has 4 nitrogen and oxygen atoms in total. The van der Waals surface area contributed by atoms with Gasteiger partial charge in [0.25, 0.3) is 0 Å². The van der Waals surface area contributed by atoms with E-state index in [1.54, 1.807) is 0 Å². The van der Waals surface area contributed by atoms with E-state index in [-0.39, 0.29) is 0 Å². The van der Waals surface area contributed by atoms with Crippen LogP contribution in [0.5, 0.6) is 0 Å². The van der Waals surface area contributed by atoms with Crippen molar-refractivity contribution in [3.05, 3.63) is 23.2 Å². The molecule has 1 rings (SSSR count). The summed E-state index contributed by atoms with van der Waals surface area (Å²) in [4.78, 5) is -1.89. The summed E-state index contributed by atoms with van der Waals surface area (Å²) >= 11 is -5.17. The molecule has 0 aliphatic carbocycles. The average molecular weight is 505 g/mol. The largest absolute Gasteiger partial charge is 0.416 e. The molecular weight excluding hydrogens is 500 g/mol. The van der Waals surface area contributed by atoms with Gasteiger partial charge in [0.15, 0.2) is 0 Å². The van der Waals surface area contributed by atoms with Crippen LogP contribution in [0.25, 0.3) is 0 Å². The minimum atomic E-state index is -5.45. The monoisotopic (exact) mass is 504 g/mol. The summed E-state index contributed by atoms with van der Waals surface area (Å²) in [5.41, 5.74) is 0. The van der Waals surface area contributed by atoms with Crippen molar-refractivity contribution in [2.24, 2.45) is 0 Å². The van der Waals surface area contributed by atoms with Gasteiger partial charge in [-0.25, -0.2) is 8.42 Å². The van der Waals surface area contributed by atoms with Crippen molar-refractivity contribution in [3.8, 4) is 0 Å². The second kappa shape index (κ2) is 8.31. The second-order valence-corrected chi connectivity index (χ2v) is 9.14. The fourth-order valence-electron chi connectivity index (χ4n) is 1.23. The maximum absolute atomic E-state index is 13.5. The van der Waals surface area contributed by atoms with Gasteiger partial charge in [-0.05, 0) is 41.7 Å². The highest BCUT2D eigenvalue weighted by Crippen LogP contribution is 2.52. The Bertz CT molecular complexity index is 763. The molecule has 2 N–H and O–H groups in total. The fourth-order valence-corrected chi connectivity index (χ4v) is 4.10. The number of thioether (sulfide) groups is 2. The molecule has 2 unspecified atom stereocenters. The molecule has 0 amide bonds. The Balaban J connectivity index is 3.22. The van der Waals surface area contributed by atoms with E-state index < -0.39 is 81.5 Å². The van der Waals surface area contributed by atoms with Crippen LogP contribution in [0.4, 0.5) is 35.1 Å². The van der Waals surface area contributed by atoms with Crippen LogP contribution in [0.3, 0.4) is 0 Å². The van der Waals surface area contributed by atoms with E-state index in [1.807, 2.05) is 0 Å². The number of halogens is 9. The lowest BCUT2D eigenvalue weighted by Crippen LogP contribution is -2.41. The van der Waals surface area contributed by atoms with E-state index in [1.165, 1.54) is 0 Å². The summed E-state index contributed by atoms with van der Waals surface area (Å²) < 4.78 is 144. The second-order valence-electron chi connectivity index (χ2n) is 4.36. The lowest BCUT2D eigenvalue weighted by atomic mass is 10.4. The molecule has 0 aliphatic heterocycles. The van der Waals surface area contributed by atoms with Gasteiger partial charge in [0.2, 0.25) is 22.2 Å². The molecule has 0 bridgehead atoms. The predicted octanol–water partition coefficient (Wildman–Crippen LogP) is 5.34. The normalized spacial score (nSPS) is 16.3. The Morgan fingerprint density at radius 2 is 1.22 bits per heavy atom. The summed E-state index contributed by atoms with van der Waals surface area (Å²) in [7, 11) is 0. The van der Waals surface area contributed by atoms with Crippen LogP contribution in [0.15, 0.2) is 28.0 Å². The van der Waals surface area contributed by atoms with Gasteiger partial charge in [0, 0.05) is 9.79 Å². The first-order valence-corrected chi connectivity index (χ1v) is 10.1. The molecule has 0 aromatic heterocycles. The highest BCUT2D eigenvalue weighted by Gasteiger charge is 2.63. The van der Waals surface area contributed by atoms with E-state index in [0.29, 0.717) is 18.2 Å². The zero-order valence-corrected chi connectivity index (χ0v) is 16.0. The van der Waals surface area contributed by atoms with Crippen molar-refractivity contribution in [3.63, 3.8) is 0 Å². The van der Waals surface area contributed by atoms with Crippen LogP contribution in [-0.2, 0) is 22.2 Å². The molecule has 156 valence electrons. The molecule has 0 saturated carbocycles. The molecule has 0 heterocycles. The van der Waals surface area contributed by atoms with Gasteiger partial charge in [-0.2, -0.15) is 35.1 Å². The average Bonchev–Trinajstić information content (AvgIpc) is 2.49. The molecule has 1 aromatic carbocycles. The Hall–Kier alpha value is -0.130. The third-order valence-electron chi connectivity index (χ3n) is 2.50. The standard InChI is InChI=1S/C10H5ClF8O4S4/c11-5-2-1-4(24-7(12,13)9(16,17)26(20)21)3-6(5)25-8(14,15)10(18,19)27(22)23/h1-3H,(H,20,21)(H,22,23). The number of hydrogen-bond donors (Lipinski definition) is 2. The molecule has 1 aromatic rings. The van der Waals surface area contributed by atoms with Gasteiger partial charge in [0.1, 0.15) is 0 Å². The molecule has 27 heavy (non-hydrogen) atoms. The zero-order valence-electron chi connectivity index (χ0n) is 12.0. The van der Waals surface area contributed by atoms with Gasteiger partial charge >= 0.3 is 21.0 Å². The van der Waals surface area contributed by atoms with Crippen molar-refractivity contribution < 1.29 is 52.6 Å². The van der Waals surface area contributed by atoms with Gasteiger partial charge in [0.05, 0.1) is 5.02 Å². The van der Waals surface area contributed by atoms with Crippen LogP contribution in [0, 0.1) is 0 Å². The quantitative estimate of drug-likeness (QED) is 0.283. The molecular formula is C10H5ClF8O4S4. The first-order chi connectivity index (χ1) is 12.0. The lowest BCUT2D eigenvalue weighted by Gasteiger charge is -2.24. The Labute approximate surface area is 164 Å². The maximum Gasteiger partial charge on any atom is 0.416 e. The summed E-state index contributed by atoms with van der Waals surface area (Å²) in [6, 6.07) is 1.59. The SMILES string of the molecule is O=S(O)C(F)(F)C(F)(F)Sc1ccc(Cl)c(SC(F)(F)C(F)(F)S(=O)O)c1. The zero-order chi connectivity index (χ0) is 21.4. The molecule has 0 spiro atoms. The highest BCUT2D eigenvalue weighted by atomic mass is 35.5. The molecule has 17 heteroatoms. The van der Waals surface area contributed by atoms with Crippen LogP contribution in [0.2, 0.25) is 5.02 Å². The summed E-state index contributed by atoms with van der Waals surface area (Å²) in [5.74, 6) is 0. The maximum atomic E-state index is 13.5. The minimum absolute atomic E-state index is 0.312. The Morgan fingerprint density at radius 1 is 0.815 bits per heavy atom. The van der Waals surface area contributed by atoms with Crippen molar-refractivity contribution >= 4 is 57.3 Å². The van der Waals surface area contributed by atoms with Gasteiger partial charge in [-0.15, -0.1) is 0 Å². The number of benzene rings is 1. The topological polar surface area (TPSA) is 74.6 Å². The summed E-state index contributed by atoms with van der Waals surface area (Å²) in [6.45, 7) is 0. The third-order valence-corrected chi connectivity index (χ3v) is 6.67. The van der Waals surface area contributed by atoms with E-state index in [0.717, 1.165) is 0 Å².